The van der Waals surface area contributed by atoms with Crippen molar-refractivity contribution in [3.05, 3.63) is 48.1 Å². The molecule has 0 aliphatic carbocycles. The summed E-state index contributed by atoms with van der Waals surface area (Å²) in [5.74, 6) is -1.03. The molecule has 0 radical (unpaired) electrons. The van der Waals surface area contributed by atoms with E-state index in [0.717, 1.165) is 18.2 Å². The Morgan fingerprint density at radius 2 is 2.08 bits per heavy atom. The van der Waals surface area contributed by atoms with Crippen molar-refractivity contribution in [2.24, 2.45) is 5.73 Å². The van der Waals surface area contributed by atoms with Crippen LogP contribution in [0.25, 0.3) is 0 Å². The molecular weight excluding hydrogens is 172 g/mol. The largest absolute Gasteiger partial charge is 0.318 e. The van der Waals surface area contributed by atoms with Crippen LogP contribution in [0.3, 0.4) is 0 Å². The second kappa shape index (κ2) is 3.26. The van der Waals surface area contributed by atoms with Gasteiger partial charge >= 0.3 is 0 Å². The maximum atomic E-state index is 13.2. The highest BCUT2D eigenvalue weighted by molar-refractivity contribution is 5.29. The van der Waals surface area contributed by atoms with Crippen molar-refractivity contribution < 1.29 is 8.78 Å². The van der Waals surface area contributed by atoms with Gasteiger partial charge in [-0.1, -0.05) is 6.08 Å². The Labute approximate surface area is 75.9 Å². The molecule has 0 bridgehead atoms. The van der Waals surface area contributed by atoms with E-state index in [9.17, 15) is 8.78 Å². The zero-order valence-electron chi connectivity index (χ0n) is 7.35. The summed E-state index contributed by atoms with van der Waals surface area (Å²) in [7, 11) is 0. The summed E-state index contributed by atoms with van der Waals surface area (Å²) < 4.78 is 25.9. The lowest BCUT2D eigenvalue weighted by Crippen LogP contribution is -2.31. The minimum atomic E-state index is -1.04. The summed E-state index contributed by atoms with van der Waals surface area (Å²) in [5.41, 5.74) is 4.76. The van der Waals surface area contributed by atoms with Gasteiger partial charge in [0.2, 0.25) is 0 Å². The van der Waals surface area contributed by atoms with E-state index >= 15 is 0 Å². The predicted molar refractivity (Wildman–Crippen MR) is 48.1 cm³/mol. The van der Waals surface area contributed by atoms with E-state index < -0.39 is 17.2 Å². The van der Waals surface area contributed by atoms with Crippen LogP contribution in [0.15, 0.2) is 30.9 Å². The first kappa shape index (κ1) is 9.86. The molecule has 0 fully saturated rings. The van der Waals surface area contributed by atoms with Crippen LogP contribution in [0.1, 0.15) is 12.5 Å². The summed E-state index contributed by atoms with van der Waals surface area (Å²) in [4.78, 5) is 0. The van der Waals surface area contributed by atoms with Gasteiger partial charge in [0.1, 0.15) is 11.6 Å². The van der Waals surface area contributed by atoms with Crippen LogP contribution >= 0.6 is 0 Å². The Morgan fingerprint density at radius 1 is 1.46 bits per heavy atom. The quantitative estimate of drug-likeness (QED) is 0.699. The van der Waals surface area contributed by atoms with Gasteiger partial charge in [-0.05, 0) is 25.1 Å². The second-order valence-corrected chi connectivity index (χ2v) is 3.11. The Balaban J connectivity index is 3.28. The molecule has 0 heterocycles. The lowest BCUT2D eigenvalue weighted by Gasteiger charge is -2.20. The molecule has 0 amide bonds. The Bertz CT molecular complexity index is 332. The van der Waals surface area contributed by atoms with Gasteiger partial charge in [0.15, 0.2) is 0 Å². The fraction of sp³-hybridized carbons (Fsp3) is 0.200. The van der Waals surface area contributed by atoms with Crippen molar-refractivity contribution in [1.82, 2.24) is 0 Å². The third kappa shape index (κ3) is 1.92. The van der Waals surface area contributed by atoms with Crippen LogP contribution in [0, 0.1) is 11.6 Å². The SMILES string of the molecule is C=C[C@@](C)(N)c1cc(F)ccc1F. The molecule has 0 unspecified atom stereocenters. The van der Waals surface area contributed by atoms with Crippen molar-refractivity contribution in [3.63, 3.8) is 0 Å². The summed E-state index contributed by atoms with van der Waals surface area (Å²) in [6.45, 7) is 5.03. The highest BCUT2D eigenvalue weighted by Gasteiger charge is 2.21. The van der Waals surface area contributed by atoms with E-state index in [-0.39, 0.29) is 5.56 Å². The molecule has 1 rings (SSSR count). The molecule has 0 spiro atoms. The van der Waals surface area contributed by atoms with Gasteiger partial charge in [-0.2, -0.15) is 0 Å². The van der Waals surface area contributed by atoms with Gasteiger partial charge in [-0.15, -0.1) is 6.58 Å². The van der Waals surface area contributed by atoms with Crippen LogP contribution < -0.4 is 5.73 Å². The fourth-order valence-electron chi connectivity index (χ4n) is 1.02. The van der Waals surface area contributed by atoms with Crippen LogP contribution in [0.5, 0.6) is 0 Å². The van der Waals surface area contributed by atoms with Crippen molar-refractivity contribution in [1.29, 1.82) is 0 Å². The van der Waals surface area contributed by atoms with E-state index in [1.807, 2.05) is 0 Å². The molecule has 1 aromatic rings. The summed E-state index contributed by atoms with van der Waals surface area (Å²) in [6.07, 6.45) is 1.38. The van der Waals surface area contributed by atoms with Crippen molar-refractivity contribution in [3.8, 4) is 0 Å². The Kier molecular flexibility index (Phi) is 2.48. The molecule has 1 nitrogen and oxygen atoms in total. The molecule has 2 N–H and O–H groups in total. The molecule has 0 aliphatic heterocycles. The van der Waals surface area contributed by atoms with Crippen molar-refractivity contribution >= 4 is 0 Å². The fourth-order valence-corrected chi connectivity index (χ4v) is 1.02. The lowest BCUT2D eigenvalue weighted by atomic mass is 9.93. The van der Waals surface area contributed by atoms with Gasteiger partial charge < -0.3 is 5.73 Å². The maximum absolute atomic E-state index is 13.2. The molecular formula is C10H11F2N. The molecule has 70 valence electrons. The van der Waals surface area contributed by atoms with Crippen molar-refractivity contribution in [2.75, 3.05) is 0 Å². The summed E-state index contributed by atoms with van der Waals surface area (Å²) >= 11 is 0. The standard InChI is InChI=1S/C10H11F2N/c1-3-10(2,13)8-6-7(11)4-5-9(8)12/h3-6H,1,13H2,2H3/t10-/m1/s1. The minimum absolute atomic E-state index is 0.113. The van der Waals surface area contributed by atoms with Gasteiger partial charge in [0, 0.05) is 5.56 Å². The monoisotopic (exact) mass is 183 g/mol. The van der Waals surface area contributed by atoms with E-state index in [1.165, 1.54) is 6.08 Å². The van der Waals surface area contributed by atoms with Gasteiger partial charge in [0.05, 0.1) is 5.54 Å². The average molecular weight is 183 g/mol. The number of nitrogens with two attached hydrogens (primary N) is 1. The molecule has 0 aromatic heterocycles. The third-order valence-corrected chi connectivity index (χ3v) is 1.93. The smallest absolute Gasteiger partial charge is 0.128 e. The molecule has 3 heteroatoms. The maximum Gasteiger partial charge on any atom is 0.128 e. The zero-order chi connectivity index (χ0) is 10.1. The van der Waals surface area contributed by atoms with E-state index in [4.69, 9.17) is 5.73 Å². The molecule has 13 heavy (non-hydrogen) atoms. The average Bonchev–Trinajstić information content (AvgIpc) is 2.09. The van der Waals surface area contributed by atoms with Crippen molar-refractivity contribution in [2.45, 2.75) is 12.5 Å². The number of benzene rings is 1. The second-order valence-electron chi connectivity index (χ2n) is 3.11. The zero-order valence-corrected chi connectivity index (χ0v) is 7.35. The number of hydrogen-bond acceptors (Lipinski definition) is 1. The topological polar surface area (TPSA) is 26.0 Å². The summed E-state index contributed by atoms with van der Waals surface area (Å²) in [6, 6.07) is 3.19. The Hall–Kier alpha value is -1.22. The van der Waals surface area contributed by atoms with Gasteiger partial charge in [0.25, 0.3) is 0 Å². The van der Waals surface area contributed by atoms with Crippen LogP contribution in [-0.2, 0) is 5.54 Å². The van der Waals surface area contributed by atoms with Crippen LogP contribution in [0.2, 0.25) is 0 Å². The van der Waals surface area contributed by atoms with Gasteiger partial charge in [-0.3, -0.25) is 0 Å². The number of hydrogen-bond donors (Lipinski definition) is 1. The first-order valence-electron chi connectivity index (χ1n) is 3.85. The first-order chi connectivity index (χ1) is 5.97. The van der Waals surface area contributed by atoms with Crippen LogP contribution in [0.4, 0.5) is 8.78 Å². The van der Waals surface area contributed by atoms with E-state index in [1.54, 1.807) is 6.92 Å². The predicted octanol–water partition coefficient (Wildman–Crippen LogP) is 2.32. The highest BCUT2D eigenvalue weighted by Crippen LogP contribution is 2.22. The molecule has 1 aromatic carbocycles. The van der Waals surface area contributed by atoms with Crippen LogP contribution in [-0.4, -0.2) is 0 Å². The molecule has 0 aliphatic rings. The van der Waals surface area contributed by atoms with E-state index in [0.29, 0.717) is 0 Å². The number of rotatable bonds is 2. The van der Waals surface area contributed by atoms with Gasteiger partial charge in [-0.25, -0.2) is 8.78 Å². The summed E-state index contributed by atoms with van der Waals surface area (Å²) in [5, 5.41) is 0. The Morgan fingerprint density at radius 3 is 2.62 bits per heavy atom. The third-order valence-electron chi connectivity index (χ3n) is 1.93. The molecule has 0 saturated heterocycles. The lowest BCUT2D eigenvalue weighted by molar-refractivity contribution is 0.530. The van der Waals surface area contributed by atoms with E-state index in [2.05, 4.69) is 6.58 Å². The minimum Gasteiger partial charge on any atom is -0.318 e. The normalized spacial score (nSPS) is 15.1. The highest BCUT2D eigenvalue weighted by atomic mass is 19.1. The molecule has 1 atom stereocenters. The molecule has 0 saturated carbocycles. The number of halogens is 2. The first-order valence-corrected chi connectivity index (χ1v) is 3.85.